The molecule has 7 nitrogen and oxygen atoms in total. The van der Waals surface area contributed by atoms with Gasteiger partial charge in [-0.2, -0.15) is 13.2 Å². The molecule has 2 aromatic rings. The fourth-order valence-electron chi connectivity index (χ4n) is 4.45. The normalized spacial score (nSPS) is 18.9. The van der Waals surface area contributed by atoms with E-state index in [0.29, 0.717) is 12.1 Å². The van der Waals surface area contributed by atoms with Crippen LogP contribution in [0.3, 0.4) is 0 Å². The lowest BCUT2D eigenvalue weighted by Crippen LogP contribution is -2.42. The number of hydrogen-bond donors (Lipinski definition) is 1. The number of halogens is 7. The second kappa shape index (κ2) is 9.71. The van der Waals surface area contributed by atoms with E-state index in [4.69, 9.17) is 5.73 Å². The summed E-state index contributed by atoms with van der Waals surface area (Å²) in [6.45, 7) is -1.03. The number of likely N-dealkylation sites (tertiary alicyclic amines) is 1. The molecular formula is C22H22F7N5O2. The van der Waals surface area contributed by atoms with Crippen molar-refractivity contribution in [3.05, 3.63) is 52.4 Å². The lowest BCUT2D eigenvalue weighted by Gasteiger charge is -2.30. The fourth-order valence-corrected chi connectivity index (χ4v) is 4.45. The van der Waals surface area contributed by atoms with Gasteiger partial charge < -0.3 is 20.1 Å². The molecule has 1 fully saturated rings. The largest absolute Gasteiger partial charge is 0.449 e. The van der Waals surface area contributed by atoms with Crippen molar-refractivity contribution in [2.45, 2.75) is 50.7 Å². The molecule has 2 atom stereocenters. The Kier molecular flexibility index (Phi) is 6.99. The van der Waals surface area contributed by atoms with Gasteiger partial charge in [0, 0.05) is 38.2 Å². The van der Waals surface area contributed by atoms with Crippen LogP contribution in [-0.4, -0.2) is 63.0 Å². The van der Waals surface area contributed by atoms with Gasteiger partial charge in [-0.25, -0.2) is 22.5 Å². The van der Waals surface area contributed by atoms with Gasteiger partial charge in [0.25, 0.3) is 5.91 Å². The first kappa shape index (κ1) is 25.9. The minimum Gasteiger partial charge on any atom is -0.335 e. The number of nitrogens with two attached hydrogens (primary N) is 1. The average molecular weight is 521 g/mol. The molecule has 1 aromatic heterocycles. The molecule has 196 valence electrons. The maximum atomic E-state index is 13.9. The number of rotatable bonds is 5. The number of amides is 2. The first-order valence-corrected chi connectivity index (χ1v) is 11.1. The molecule has 2 amide bonds. The zero-order valence-corrected chi connectivity index (χ0v) is 18.8. The molecule has 2 aliphatic rings. The zero-order valence-electron chi connectivity index (χ0n) is 18.8. The number of imidazole rings is 1. The third kappa shape index (κ3) is 5.18. The van der Waals surface area contributed by atoms with Gasteiger partial charge in [-0.15, -0.1) is 0 Å². The Bertz CT molecular complexity index is 1180. The molecule has 0 saturated carbocycles. The fraction of sp³-hybridized carbons (Fsp3) is 0.500. The summed E-state index contributed by atoms with van der Waals surface area (Å²) in [5.41, 5.74) is 5.05. The molecule has 1 saturated heterocycles. The number of aromatic nitrogens is 2. The van der Waals surface area contributed by atoms with Gasteiger partial charge in [-0.05, 0) is 24.5 Å². The molecule has 1 unspecified atom stereocenters. The summed E-state index contributed by atoms with van der Waals surface area (Å²) in [5.74, 6) is -6.40. The predicted molar refractivity (Wildman–Crippen MR) is 111 cm³/mol. The zero-order chi connectivity index (χ0) is 26.4. The number of carbonyl (C=O) groups is 2. The maximum absolute atomic E-state index is 13.9. The molecule has 14 heteroatoms. The van der Waals surface area contributed by atoms with Crippen molar-refractivity contribution in [2.75, 3.05) is 19.6 Å². The first-order chi connectivity index (χ1) is 16.8. The number of fused-ring (bicyclic) bond motifs is 1. The quantitative estimate of drug-likeness (QED) is 0.485. The Morgan fingerprint density at radius 2 is 1.75 bits per heavy atom. The van der Waals surface area contributed by atoms with Crippen molar-refractivity contribution in [3.63, 3.8) is 0 Å². The van der Waals surface area contributed by atoms with E-state index in [1.54, 1.807) is 0 Å². The third-order valence-electron chi connectivity index (χ3n) is 6.24. The van der Waals surface area contributed by atoms with Gasteiger partial charge in [-0.3, -0.25) is 9.59 Å². The Morgan fingerprint density at radius 1 is 1.06 bits per heavy atom. The van der Waals surface area contributed by atoms with E-state index in [1.807, 2.05) is 0 Å². The van der Waals surface area contributed by atoms with Gasteiger partial charge in [0.2, 0.25) is 11.7 Å². The summed E-state index contributed by atoms with van der Waals surface area (Å²) >= 11 is 0. The molecule has 4 rings (SSSR count). The van der Waals surface area contributed by atoms with Crippen molar-refractivity contribution < 1.29 is 40.3 Å². The standard InChI is InChI=1S/C22H22F7N5O2/c23-12-1-2-33(9-12)20(36)19-17-10-32(3-4-34(17)21(31-19)22(27,28)29)18(35)7-13(30)5-11-6-15(25)16(26)8-14(11)24/h6,8,12-13H,1-5,7,9-10,30H2/t12?,13-/m1/s1. The molecule has 0 bridgehead atoms. The monoisotopic (exact) mass is 521 g/mol. The second-order valence-electron chi connectivity index (χ2n) is 8.86. The smallest absolute Gasteiger partial charge is 0.335 e. The van der Waals surface area contributed by atoms with Crippen LogP contribution in [0.5, 0.6) is 0 Å². The highest BCUT2D eigenvalue weighted by atomic mass is 19.4. The van der Waals surface area contributed by atoms with Crippen molar-refractivity contribution in [1.82, 2.24) is 19.4 Å². The van der Waals surface area contributed by atoms with Crippen LogP contribution >= 0.6 is 0 Å². The van der Waals surface area contributed by atoms with Crippen LogP contribution in [0.1, 0.15) is 40.4 Å². The number of hydrogen-bond acceptors (Lipinski definition) is 4. The number of nitrogens with zero attached hydrogens (tertiary/aromatic N) is 4. The topological polar surface area (TPSA) is 84.5 Å². The number of carbonyl (C=O) groups excluding carboxylic acids is 2. The van der Waals surface area contributed by atoms with Crippen LogP contribution in [0, 0.1) is 17.5 Å². The molecule has 2 N–H and O–H groups in total. The maximum Gasteiger partial charge on any atom is 0.449 e. The molecule has 2 aliphatic heterocycles. The SMILES string of the molecule is N[C@@H](CC(=O)N1CCn2c(C(F)(F)F)nc(C(=O)N3CCC(F)C3)c2C1)Cc1cc(F)c(F)cc1F. The summed E-state index contributed by atoms with van der Waals surface area (Å²) in [6, 6.07) is 0.0140. The highest BCUT2D eigenvalue weighted by molar-refractivity contribution is 5.94. The Hall–Kier alpha value is -3.16. The minimum absolute atomic E-state index is 0.0334. The molecule has 0 aliphatic carbocycles. The second-order valence-corrected chi connectivity index (χ2v) is 8.86. The van der Waals surface area contributed by atoms with E-state index < -0.39 is 59.2 Å². The first-order valence-electron chi connectivity index (χ1n) is 11.1. The highest BCUT2D eigenvalue weighted by Gasteiger charge is 2.43. The van der Waals surface area contributed by atoms with Crippen molar-refractivity contribution in [2.24, 2.45) is 5.73 Å². The van der Waals surface area contributed by atoms with Crippen LogP contribution in [0.15, 0.2) is 12.1 Å². The summed E-state index contributed by atoms with van der Waals surface area (Å²) < 4.78 is 95.6. The van der Waals surface area contributed by atoms with Crippen LogP contribution < -0.4 is 5.73 Å². The van der Waals surface area contributed by atoms with Crippen LogP contribution in [-0.2, 0) is 30.5 Å². The van der Waals surface area contributed by atoms with Crippen LogP contribution in [0.25, 0.3) is 0 Å². The molecule has 0 spiro atoms. The lowest BCUT2D eigenvalue weighted by atomic mass is 10.0. The summed E-state index contributed by atoms with van der Waals surface area (Å²) in [4.78, 5) is 31.5. The third-order valence-corrected chi connectivity index (χ3v) is 6.24. The highest BCUT2D eigenvalue weighted by Crippen LogP contribution is 2.33. The average Bonchev–Trinajstić information content (AvgIpc) is 3.40. The molecule has 1 aromatic carbocycles. The summed E-state index contributed by atoms with van der Waals surface area (Å²) in [5, 5.41) is 0. The van der Waals surface area contributed by atoms with E-state index >= 15 is 0 Å². The van der Waals surface area contributed by atoms with E-state index in [-0.39, 0.29) is 63.2 Å². The molecule has 3 heterocycles. The summed E-state index contributed by atoms with van der Waals surface area (Å²) in [6.07, 6.45) is -6.73. The van der Waals surface area contributed by atoms with Crippen LogP contribution in [0.4, 0.5) is 30.7 Å². The Labute approximate surface area is 200 Å². The van der Waals surface area contributed by atoms with Gasteiger partial charge >= 0.3 is 6.18 Å². The summed E-state index contributed by atoms with van der Waals surface area (Å²) in [7, 11) is 0. The van der Waals surface area contributed by atoms with Crippen LogP contribution in [0.2, 0.25) is 0 Å². The molecule has 0 radical (unpaired) electrons. The van der Waals surface area contributed by atoms with Crippen molar-refractivity contribution in [1.29, 1.82) is 0 Å². The predicted octanol–water partition coefficient (Wildman–Crippen LogP) is 2.81. The Balaban J connectivity index is 1.51. The van der Waals surface area contributed by atoms with Gasteiger partial charge in [0.15, 0.2) is 17.3 Å². The minimum atomic E-state index is -4.86. The van der Waals surface area contributed by atoms with E-state index in [0.717, 1.165) is 9.47 Å². The molecular weight excluding hydrogens is 499 g/mol. The number of alkyl halides is 4. The lowest BCUT2D eigenvalue weighted by molar-refractivity contribution is -0.148. The van der Waals surface area contributed by atoms with E-state index in [2.05, 4.69) is 4.98 Å². The van der Waals surface area contributed by atoms with Crippen molar-refractivity contribution >= 4 is 11.8 Å². The van der Waals surface area contributed by atoms with E-state index in [9.17, 15) is 40.3 Å². The number of benzene rings is 1. The van der Waals surface area contributed by atoms with Gasteiger partial charge in [0.1, 0.15) is 12.0 Å². The van der Waals surface area contributed by atoms with Crippen molar-refractivity contribution in [3.8, 4) is 0 Å². The van der Waals surface area contributed by atoms with Gasteiger partial charge in [-0.1, -0.05) is 0 Å². The molecule has 36 heavy (non-hydrogen) atoms. The van der Waals surface area contributed by atoms with E-state index in [1.165, 1.54) is 4.90 Å². The van der Waals surface area contributed by atoms with Gasteiger partial charge in [0.05, 0.1) is 18.8 Å². The Morgan fingerprint density at radius 3 is 2.39 bits per heavy atom.